The maximum absolute atomic E-state index is 11.5. The van der Waals surface area contributed by atoms with Gasteiger partial charge in [-0.15, -0.1) is 0 Å². The second-order valence-electron chi connectivity index (χ2n) is 5.00. The van der Waals surface area contributed by atoms with Gasteiger partial charge in [0.15, 0.2) is 0 Å². The molecule has 3 nitrogen and oxygen atoms in total. The lowest BCUT2D eigenvalue weighted by Gasteiger charge is -2.16. The van der Waals surface area contributed by atoms with Crippen LogP contribution in [-0.4, -0.2) is 24.8 Å². The first-order chi connectivity index (χ1) is 7.97. The molecule has 0 aromatic rings. The van der Waals surface area contributed by atoms with E-state index >= 15 is 0 Å². The van der Waals surface area contributed by atoms with Crippen molar-refractivity contribution in [1.82, 2.24) is 0 Å². The fraction of sp³-hybridized carbons (Fsp3) is 0.929. The van der Waals surface area contributed by atoms with Crippen LogP contribution in [-0.2, 0) is 14.3 Å². The van der Waals surface area contributed by atoms with Gasteiger partial charge in [-0.3, -0.25) is 4.79 Å². The molecule has 0 N–H and O–H groups in total. The Morgan fingerprint density at radius 2 is 1.76 bits per heavy atom. The number of hydrogen-bond donors (Lipinski definition) is 0. The summed E-state index contributed by atoms with van der Waals surface area (Å²) in [6, 6.07) is 0. The van der Waals surface area contributed by atoms with Crippen LogP contribution in [0.3, 0.4) is 0 Å². The summed E-state index contributed by atoms with van der Waals surface area (Å²) in [5, 5.41) is 0. The molecule has 0 rings (SSSR count). The Morgan fingerprint density at radius 1 is 1.12 bits per heavy atom. The smallest absolute Gasteiger partial charge is 0.308 e. The van der Waals surface area contributed by atoms with Gasteiger partial charge in [0.1, 0.15) is 0 Å². The molecule has 2 atom stereocenters. The van der Waals surface area contributed by atoms with Crippen LogP contribution in [0.1, 0.15) is 60.3 Å². The van der Waals surface area contributed by atoms with Gasteiger partial charge in [-0.2, -0.15) is 0 Å². The first-order valence-corrected chi connectivity index (χ1v) is 6.79. The van der Waals surface area contributed by atoms with E-state index < -0.39 is 0 Å². The molecule has 17 heavy (non-hydrogen) atoms. The van der Waals surface area contributed by atoms with Crippen LogP contribution in [0.25, 0.3) is 0 Å². The second-order valence-corrected chi connectivity index (χ2v) is 5.00. The summed E-state index contributed by atoms with van der Waals surface area (Å²) in [7, 11) is 0. The van der Waals surface area contributed by atoms with Gasteiger partial charge in [-0.1, -0.05) is 26.7 Å². The zero-order valence-electron chi connectivity index (χ0n) is 12.0. The number of hydrogen-bond acceptors (Lipinski definition) is 3. The van der Waals surface area contributed by atoms with Crippen LogP contribution in [0.5, 0.6) is 0 Å². The second kappa shape index (κ2) is 9.46. The first kappa shape index (κ1) is 16.4. The molecule has 0 amide bonds. The maximum atomic E-state index is 11.5. The molecular formula is C14H28O3. The molecule has 0 aliphatic carbocycles. The van der Waals surface area contributed by atoms with E-state index in [2.05, 4.69) is 13.8 Å². The van der Waals surface area contributed by atoms with E-state index in [4.69, 9.17) is 9.47 Å². The SMILES string of the molecule is CCCCC(C)OCC[C@@H](C)C(=O)OC(C)C. The van der Waals surface area contributed by atoms with Crippen molar-refractivity contribution in [2.24, 2.45) is 5.92 Å². The Morgan fingerprint density at radius 3 is 2.29 bits per heavy atom. The highest BCUT2D eigenvalue weighted by atomic mass is 16.5. The number of carbonyl (C=O) groups excluding carboxylic acids is 1. The van der Waals surface area contributed by atoms with Crippen LogP contribution in [0.2, 0.25) is 0 Å². The molecule has 0 radical (unpaired) electrons. The molecule has 0 saturated heterocycles. The molecular weight excluding hydrogens is 216 g/mol. The summed E-state index contributed by atoms with van der Waals surface area (Å²) >= 11 is 0. The van der Waals surface area contributed by atoms with Crippen molar-refractivity contribution >= 4 is 5.97 Å². The highest BCUT2D eigenvalue weighted by Gasteiger charge is 2.15. The third-order valence-electron chi connectivity index (χ3n) is 2.67. The molecule has 0 aliphatic heterocycles. The number of esters is 1. The number of ether oxygens (including phenoxy) is 2. The third-order valence-corrected chi connectivity index (χ3v) is 2.67. The predicted octanol–water partition coefficient (Wildman–Crippen LogP) is 3.56. The van der Waals surface area contributed by atoms with Gasteiger partial charge in [0.2, 0.25) is 0 Å². The van der Waals surface area contributed by atoms with E-state index in [9.17, 15) is 4.79 Å². The van der Waals surface area contributed by atoms with E-state index in [1.807, 2.05) is 20.8 Å². The molecule has 0 spiro atoms. The van der Waals surface area contributed by atoms with E-state index in [-0.39, 0.29) is 18.0 Å². The quantitative estimate of drug-likeness (QED) is 0.582. The molecule has 0 saturated carbocycles. The minimum Gasteiger partial charge on any atom is -0.463 e. The summed E-state index contributed by atoms with van der Waals surface area (Å²) < 4.78 is 10.8. The van der Waals surface area contributed by atoms with Crippen molar-refractivity contribution in [3.8, 4) is 0 Å². The molecule has 0 fully saturated rings. The van der Waals surface area contributed by atoms with Crippen molar-refractivity contribution < 1.29 is 14.3 Å². The molecule has 0 bridgehead atoms. The summed E-state index contributed by atoms with van der Waals surface area (Å²) in [4.78, 5) is 11.5. The van der Waals surface area contributed by atoms with Gasteiger partial charge >= 0.3 is 5.97 Å². The lowest BCUT2D eigenvalue weighted by molar-refractivity contribution is -0.152. The molecule has 0 aliphatic rings. The lowest BCUT2D eigenvalue weighted by Crippen LogP contribution is -2.21. The van der Waals surface area contributed by atoms with Crippen LogP contribution >= 0.6 is 0 Å². The summed E-state index contributed by atoms with van der Waals surface area (Å²) in [6.45, 7) is 10.5. The van der Waals surface area contributed by atoms with E-state index in [0.717, 1.165) is 12.8 Å². The van der Waals surface area contributed by atoms with Crippen molar-refractivity contribution in [2.75, 3.05) is 6.61 Å². The van der Waals surface area contributed by atoms with Crippen LogP contribution in [0.4, 0.5) is 0 Å². The molecule has 0 aromatic heterocycles. The van der Waals surface area contributed by atoms with Crippen molar-refractivity contribution in [3.63, 3.8) is 0 Å². The summed E-state index contributed by atoms with van der Waals surface area (Å²) in [5.41, 5.74) is 0. The average molecular weight is 244 g/mol. The monoisotopic (exact) mass is 244 g/mol. The topological polar surface area (TPSA) is 35.5 Å². The highest BCUT2D eigenvalue weighted by molar-refractivity contribution is 5.72. The average Bonchev–Trinajstić information content (AvgIpc) is 2.25. The van der Waals surface area contributed by atoms with Crippen molar-refractivity contribution in [1.29, 1.82) is 0 Å². The van der Waals surface area contributed by atoms with Gasteiger partial charge in [-0.25, -0.2) is 0 Å². The van der Waals surface area contributed by atoms with Crippen LogP contribution in [0, 0.1) is 5.92 Å². The number of carbonyl (C=O) groups is 1. The highest BCUT2D eigenvalue weighted by Crippen LogP contribution is 2.09. The predicted molar refractivity (Wildman–Crippen MR) is 69.9 cm³/mol. The molecule has 3 heteroatoms. The van der Waals surface area contributed by atoms with Gasteiger partial charge in [0.25, 0.3) is 0 Å². The number of rotatable bonds is 9. The number of unbranched alkanes of at least 4 members (excludes halogenated alkanes) is 1. The molecule has 1 unspecified atom stereocenters. The van der Waals surface area contributed by atoms with Gasteiger partial charge in [0.05, 0.1) is 18.1 Å². The first-order valence-electron chi connectivity index (χ1n) is 6.79. The van der Waals surface area contributed by atoms with Gasteiger partial charge < -0.3 is 9.47 Å². The van der Waals surface area contributed by atoms with Gasteiger partial charge in [-0.05, 0) is 33.6 Å². The van der Waals surface area contributed by atoms with E-state index in [1.54, 1.807) is 0 Å². The Kier molecular flexibility index (Phi) is 9.14. The van der Waals surface area contributed by atoms with Crippen molar-refractivity contribution in [2.45, 2.75) is 72.5 Å². The zero-order valence-corrected chi connectivity index (χ0v) is 12.0. The van der Waals surface area contributed by atoms with E-state index in [0.29, 0.717) is 12.7 Å². The largest absolute Gasteiger partial charge is 0.463 e. The maximum Gasteiger partial charge on any atom is 0.308 e. The molecule has 102 valence electrons. The Labute approximate surface area is 106 Å². The van der Waals surface area contributed by atoms with E-state index in [1.165, 1.54) is 12.8 Å². The van der Waals surface area contributed by atoms with Crippen LogP contribution < -0.4 is 0 Å². The van der Waals surface area contributed by atoms with Gasteiger partial charge in [0, 0.05) is 6.61 Å². The fourth-order valence-corrected chi connectivity index (χ4v) is 1.49. The standard InChI is InChI=1S/C14H28O3/c1-6-7-8-13(5)16-10-9-12(4)14(15)17-11(2)3/h11-13H,6-10H2,1-5H3/t12-,13?/m1/s1. The minimum atomic E-state index is -0.121. The summed E-state index contributed by atoms with van der Waals surface area (Å²) in [6.07, 6.45) is 4.50. The normalized spacial score (nSPS) is 14.7. The van der Waals surface area contributed by atoms with Crippen molar-refractivity contribution in [3.05, 3.63) is 0 Å². The zero-order chi connectivity index (χ0) is 13.3. The Hall–Kier alpha value is -0.570. The minimum absolute atomic E-state index is 0.0330. The molecule has 0 heterocycles. The van der Waals surface area contributed by atoms with Crippen LogP contribution in [0.15, 0.2) is 0 Å². The fourth-order valence-electron chi connectivity index (χ4n) is 1.49. The lowest BCUT2D eigenvalue weighted by atomic mass is 10.1. The third kappa shape index (κ3) is 9.16. The summed E-state index contributed by atoms with van der Waals surface area (Å²) in [5.74, 6) is -0.194. The molecule has 0 aromatic carbocycles. The Balaban J connectivity index is 3.62. The Bertz CT molecular complexity index is 202.